The molecule has 3 heterocycles. The number of likely N-dealkylation sites (N-methyl/N-ethyl adjacent to an activating group) is 1. The molecule has 0 radical (unpaired) electrons. The number of hydrogen-bond acceptors (Lipinski definition) is 6. The summed E-state index contributed by atoms with van der Waals surface area (Å²) in [6.45, 7) is 5.94. The fraction of sp³-hybridized carbons (Fsp3) is 0.500. The average molecular weight is 436 g/mol. The van der Waals surface area contributed by atoms with Crippen molar-refractivity contribution < 1.29 is 4.79 Å². The van der Waals surface area contributed by atoms with E-state index >= 15 is 0 Å². The highest BCUT2D eigenvalue weighted by molar-refractivity contribution is 9.10. The second-order valence-corrected chi connectivity index (χ2v) is 8.82. The molecule has 2 aliphatic heterocycles. The molecule has 0 bridgehead atoms. The van der Waals surface area contributed by atoms with Crippen molar-refractivity contribution in [2.75, 3.05) is 33.2 Å². The van der Waals surface area contributed by atoms with Crippen molar-refractivity contribution in [2.45, 2.75) is 29.8 Å². The van der Waals surface area contributed by atoms with Crippen LogP contribution in [0.25, 0.3) is 0 Å². The number of thioether (sulfide) groups is 1. The maximum absolute atomic E-state index is 13.1. The van der Waals surface area contributed by atoms with E-state index in [4.69, 9.17) is 0 Å². The van der Waals surface area contributed by atoms with E-state index in [1.54, 1.807) is 11.8 Å². The number of carbonyl (C=O) groups excluding carboxylic acids is 1. The Morgan fingerprint density at radius 2 is 2.08 bits per heavy atom. The highest BCUT2D eigenvalue weighted by atomic mass is 79.9. The molecule has 138 valence electrons. The number of benzene rings is 1. The third kappa shape index (κ3) is 3.35. The van der Waals surface area contributed by atoms with Gasteiger partial charge in [-0.3, -0.25) is 9.69 Å². The van der Waals surface area contributed by atoms with Crippen molar-refractivity contribution in [1.29, 1.82) is 0 Å². The van der Waals surface area contributed by atoms with Crippen LogP contribution < -0.4 is 0 Å². The van der Waals surface area contributed by atoms with Crippen LogP contribution in [0.5, 0.6) is 0 Å². The first kappa shape index (κ1) is 18.2. The van der Waals surface area contributed by atoms with Crippen LogP contribution in [-0.2, 0) is 6.42 Å². The molecule has 1 saturated heterocycles. The van der Waals surface area contributed by atoms with Gasteiger partial charge >= 0.3 is 0 Å². The highest BCUT2D eigenvalue weighted by Gasteiger charge is 2.43. The van der Waals surface area contributed by atoms with Crippen molar-refractivity contribution in [3.63, 3.8) is 0 Å². The van der Waals surface area contributed by atoms with E-state index < -0.39 is 0 Å². The number of nitrogens with zero attached hydrogens (tertiary/aromatic N) is 5. The van der Waals surface area contributed by atoms with Crippen molar-refractivity contribution in [2.24, 2.45) is 0 Å². The van der Waals surface area contributed by atoms with Gasteiger partial charge in [0.25, 0.3) is 5.91 Å². The Labute approximate surface area is 166 Å². The van der Waals surface area contributed by atoms with Crippen molar-refractivity contribution in [3.05, 3.63) is 40.1 Å². The molecule has 0 saturated carbocycles. The van der Waals surface area contributed by atoms with E-state index in [1.165, 1.54) is 4.68 Å². The minimum atomic E-state index is -0.214. The molecule has 0 N–H and O–H groups in total. The van der Waals surface area contributed by atoms with Crippen molar-refractivity contribution in [1.82, 2.24) is 24.6 Å². The quantitative estimate of drug-likeness (QED) is 0.735. The SMILES string of the molecule is CCc1nc2n(n1)C(=O)C(C(c1cccc(Br)c1)N1CCN(C)CC1)S2. The Morgan fingerprint density at radius 3 is 2.73 bits per heavy atom. The molecule has 1 aromatic heterocycles. The lowest BCUT2D eigenvalue weighted by molar-refractivity contribution is 0.0766. The predicted molar refractivity (Wildman–Crippen MR) is 106 cm³/mol. The Hall–Kier alpha value is -1.22. The molecule has 0 spiro atoms. The minimum Gasteiger partial charge on any atom is -0.304 e. The van der Waals surface area contributed by atoms with Gasteiger partial charge in [-0.1, -0.05) is 46.7 Å². The predicted octanol–water partition coefficient (Wildman–Crippen LogP) is 2.71. The number of carbonyl (C=O) groups is 1. The molecule has 0 amide bonds. The van der Waals surface area contributed by atoms with E-state index in [0.29, 0.717) is 0 Å². The molecule has 2 aliphatic rings. The first-order valence-electron chi connectivity index (χ1n) is 8.91. The smallest absolute Gasteiger partial charge is 0.264 e. The van der Waals surface area contributed by atoms with Crippen LogP contribution in [0.1, 0.15) is 29.1 Å². The summed E-state index contributed by atoms with van der Waals surface area (Å²) in [4.78, 5) is 22.4. The maximum atomic E-state index is 13.1. The van der Waals surface area contributed by atoms with E-state index in [9.17, 15) is 4.79 Å². The van der Waals surface area contributed by atoms with Crippen LogP contribution in [0.4, 0.5) is 0 Å². The van der Waals surface area contributed by atoms with Gasteiger partial charge < -0.3 is 4.90 Å². The Morgan fingerprint density at radius 1 is 1.31 bits per heavy atom. The molecule has 0 aliphatic carbocycles. The number of fused-ring (bicyclic) bond motifs is 1. The van der Waals surface area contributed by atoms with E-state index in [0.717, 1.165) is 53.6 Å². The van der Waals surface area contributed by atoms with E-state index in [2.05, 4.69) is 55.0 Å². The Kier molecular flexibility index (Phi) is 5.18. The lowest BCUT2D eigenvalue weighted by Crippen LogP contribution is -2.49. The summed E-state index contributed by atoms with van der Waals surface area (Å²) in [6, 6.07) is 8.33. The summed E-state index contributed by atoms with van der Waals surface area (Å²) in [7, 11) is 2.15. The normalized spacial score (nSPS) is 22.6. The summed E-state index contributed by atoms with van der Waals surface area (Å²) in [5.41, 5.74) is 1.16. The van der Waals surface area contributed by atoms with Gasteiger partial charge in [-0.2, -0.15) is 4.68 Å². The molecular weight excluding hydrogens is 414 g/mol. The largest absolute Gasteiger partial charge is 0.304 e. The molecule has 2 unspecified atom stereocenters. The van der Waals surface area contributed by atoms with Gasteiger partial charge in [0.2, 0.25) is 0 Å². The molecule has 26 heavy (non-hydrogen) atoms. The van der Waals surface area contributed by atoms with Crippen LogP contribution in [-0.4, -0.2) is 68.9 Å². The number of halogens is 1. The molecule has 1 aromatic carbocycles. The monoisotopic (exact) mass is 435 g/mol. The number of piperazine rings is 1. The van der Waals surface area contributed by atoms with Crippen molar-refractivity contribution >= 4 is 33.6 Å². The molecule has 4 rings (SSSR count). The lowest BCUT2D eigenvalue weighted by atomic mass is 10.00. The van der Waals surface area contributed by atoms with E-state index in [-0.39, 0.29) is 17.2 Å². The summed E-state index contributed by atoms with van der Waals surface area (Å²) >= 11 is 5.13. The zero-order valence-corrected chi connectivity index (χ0v) is 17.3. The first-order valence-corrected chi connectivity index (χ1v) is 10.6. The zero-order chi connectivity index (χ0) is 18.3. The third-order valence-corrected chi connectivity index (χ3v) is 6.71. The van der Waals surface area contributed by atoms with Crippen LogP contribution >= 0.6 is 27.7 Å². The van der Waals surface area contributed by atoms with Gasteiger partial charge in [0, 0.05) is 37.1 Å². The van der Waals surface area contributed by atoms with Gasteiger partial charge in [0.15, 0.2) is 11.0 Å². The van der Waals surface area contributed by atoms with Gasteiger partial charge in [-0.25, -0.2) is 4.98 Å². The summed E-state index contributed by atoms with van der Waals surface area (Å²) in [5, 5.41) is 4.90. The summed E-state index contributed by atoms with van der Waals surface area (Å²) < 4.78 is 2.54. The van der Waals surface area contributed by atoms with Crippen molar-refractivity contribution in [3.8, 4) is 0 Å². The second-order valence-electron chi connectivity index (χ2n) is 6.79. The molecule has 6 nitrogen and oxygen atoms in total. The third-order valence-electron chi connectivity index (χ3n) is 5.03. The van der Waals surface area contributed by atoms with Gasteiger partial charge in [-0.05, 0) is 24.7 Å². The Balaban J connectivity index is 1.67. The molecular formula is C18H22BrN5OS. The molecule has 1 fully saturated rings. The number of rotatable bonds is 4. The fourth-order valence-electron chi connectivity index (χ4n) is 3.56. The van der Waals surface area contributed by atoms with Crippen LogP contribution in [0.2, 0.25) is 0 Å². The summed E-state index contributed by atoms with van der Waals surface area (Å²) in [6.07, 6.45) is 0.742. The number of hydrogen-bond donors (Lipinski definition) is 0. The average Bonchev–Trinajstić information content (AvgIpc) is 3.17. The standard InChI is InChI=1S/C18H22BrN5OS/c1-3-14-20-18-24(21-14)17(25)16(26-18)15(12-5-4-6-13(19)11-12)23-9-7-22(2)8-10-23/h4-6,11,15-16H,3,7-10H2,1-2H3. The number of aryl methyl sites for hydroxylation is 1. The first-order chi connectivity index (χ1) is 12.6. The second kappa shape index (κ2) is 7.42. The van der Waals surface area contributed by atoms with Gasteiger partial charge in [0.1, 0.15) is 5.25 Å². The minimum absolute atomic E-state index is 0.0206. The van der Waals surface area contributed by atoms with Crippen LogP contribution in [0.3, 0.4) is 0 Å². The molecule has 2 atom stereocenters. The number of aromatic nitrogens is 3. The Bertz CT molecular complexity index is 818. The van der Waals surface area contributed by atoms with Crippen LogP contribution in [0, 0.1) is 0 Å². The lowest BCUT2D eigenvalue weighted by Gasteiger charge is -2.39. The van der Waals surface area contributed by atoms with Gasteiger partial charge in [0.05, 0.1) is 6.04 Å². The summed E-state index contributed by atoms with van der Waals surface area (Å²) in [5.74, 6) is 0.777. The highest BCUT2D eigenvalue weighted by Crippen LogP contribution is 2.41. The zero-order valence-electron chi connectivity index (χ0n) is 14.9. The molecule has 8 heteroatoms. The van der Waals surface area contributed by atoms with Gasteiger partial charge in [-0.15, -0.1) is 5.10 Å². The van der Waals surface area contributed by atoms with E-state index in [1.807, 2.05) is 19.1 Å². The molecule has 2 aromatic rings. The fourth-order valence-corrected chi connectivity index (χ4v) is 5.25. The maximum Gasteiger partial charge on any atom is 0.264 e. The van der Waals surface area contributed by atoms with Crippen LogP contribution in [0.15, 0.2) is 33.9 Å². The topological polar surface area (TPSA) is 54.3 Å².